The van der Waals surface area contributed by atoms with Crippen LogP contribution in [0.25, 0.3) is 11.1 Å². The van der Waals surface area contributed by atoms with Crippen molar-refractivity contribution >= 4 is 11.9 Å². The molecule has 22 heavy (non-hydrogen) atoms. The van der Waals surface area contributed by atoms with E-state index in [1.807, 2.05) is 37.3 Å². The molecular formula is C17H19NO4. The van der Waals surface area contributed by atoms with Crippen LogP contribution in [0.5, 0.6) is 0 Å². The van der Waals surface area contributed by atoms with Crippen molar-refractivity contribution in [3.05, 3.63) is 48.4 Å². The Morgan fingerprint density at radius 1 is 1.23 bits per heavy atom. The number of carboxylic acid groups (broad SMARTS) is 1. The third-order valence-electron chi connectivity index (χ3n) is 3.41. The maximum Gasteiger partial charge on any atom is 0.326 e. The maximum atomic E-state index is 12.3. The third kappa shape index (κ3) is 3.75. The second kappa shape index (κ2) is 7.45. The lowest BCUT2D eigenvalue weighted by Gasteiger charge is -2.13. The Balaban J connectivity index is 2.16. The highest BCUT2D eigenvalue weighted by Crippen LogP contribution is 2.24. The molecule has 1 heterocycles. The molecule has 0 bridgehead atoms. The Kier molecular flexibility index (Phi) is 5.36. The summed E-state index contributed by atoms with van der Waals surface area (Å²) in [5, 5.41) is 11.7. The van der Waals surface area contributed by atoms with Gasteiger partial charge in [-0.3, -0.25) is 4.79 Å². The summed E-state index contributed by atoms with van der Waals surface area (Å²) in [7, 11) is 0. The monoisotopic (exact) mass is 301 g/mol. The molecule has 0 fully saturated rings. The van der Waals surface area contributed by atoms with Gasteiger partial charge in [-0.25, -0.2) is 4.79 Å². The molecule has 1 amide bonds. The van der Waals surface area contributed by atoms with E-state index in [2.05, 4.69) is 5.32 Å². The Bertz CT molecular complexity index is 633. The number of hydrogen-bond donors (Lipinski definition) is 2. The zero-order chi connectivity index (χ0) is 15.9. The van der Waals surface area contributed by atoms with E-state index in [0.717, 1.165) is 18.4 Å². The van der Waals surface area contributed by atoms with Crippen LogP contribution in [-0.4, -0.2) is 23.0 Å². The van der Waals surface area contributed by atoms with Crippen molar-refractivity contribution in [2.24, 2.45) is 0 Å². The summed E-state index contributed by atoms with van der Waals surface area (Å²) in [5.41, 5.74) is 1.50. The lowest BCUT2D eigenvalue weighted by Crippen LogP contribution is -2.40. The molecule has 0 saturated carbocycles. The van der Waals surface area contributed by atoms with Crippen molar-refractivity contribution in [1.82, 2.24) is 5.32 Å². The molecule has 0 aliphatic carbocycles. The fourth-order valence-electron chi connectivity index (χ4n) is 2.22. The normalized spacial score (nSPS) is 11.9. The molecule has 0 aliphatic rings. The lowest BCUT2D eigenvalue weighted by atomic mass is 10.1. The number of carboxylic acids is 1. The number of carbonyl (C=O) groups excluding carboxylic acids is 1. The number of rotatable bonds is 7. The van der Waals surface area contributed by atoms with E-state index in [-0.39, 0.29) is 5.76 Å². The minimum atomic E-state index is -1.03. The molecule has 5 heteroatoms. The topological polar surface area (TPSA) is 79.5 Å². The van der Waals surface area contributed by atoms with Gasteiger partial charge in [0.15, 0.2) is 5.76 Å². The molecule has 2 rings (SSSR count). The van der Waals surface area contributed by atoms with Crippen LogP contribution in [0.15, 0.2) is 47.1 Å². The summed E-state index contributed by atoms with van der Waals surface area (Å²) >= 11 is 0. The van der Waals surface area contributed by atoms with Gasteiger partial charge in [-0.2, -0.15) is 0 Å². The van der Waals surface area contributed by atoms with Gasteiger partial charge in [-0.15, -0.1) is 0 Å². The van der Waals surface area contributed by atoms with Crippen LogP contribution in [0.1, 0.15) is 36.7 Å². The first kappa shape index (κ1) is 15.8. The van der Waals surface area contributed by atoms with E-state index >= 15 is 0 Å². The highest BCUT2D eigenvalue weighted by molar-refractivity contribution is 5.99. The van der Waals surface area contributed by atoms with E-state index in [0.29, 0.717) is 12.0 Å². The highest BCUT2D eigenvalue weighted by Gasteiger charge is 2.23. The molecular weight excluding hydrogens is 282 g/mol. The van der Waals surface area contributed by atoms with Crippen LogP contribution in [0, 0.1) is 0 Å². The first-order valence-corrected chi connectivity index (χ1v) is 7.30. The summed E-state index contributed by atoms with van der Waals surface area (Å²) in [6.07, 6.45) is 3.44. The molecule has 1 unspecified atom stereocenters. The first-order chi connectivity index (χ1) is 10.6. The number of aliphatic carboxylic acids is 1. The van der Waals surface area contributed by atoms with Crippen molar-refractivity contribution in [2.45, 2.75) is 32.2 Å². The third-order valence-corrected chi connectivity index (χ3v) is 3.41. The van der Waals surface area contributed by atoms with Gasteiger partial charge in [0, 0.05) is 5.56 Å². The fourth-order valence-corrected chi connectivity index (χ4v) is 2.22. The Hall–Kier alpha value is -2.56. The number of hydrogen-bond acceptors (Lipinski definition) is 3. The molecule has 0 saturated heterocycles. The van der Waals surface area contributed by atoms with E-state index in [1.165, 1.54) is 6.26 Å². The van der Waals surface area contributed by atoms with Crippen molar-refractivity contribution in [3.8, 4) is 11.1 Å². The van der Waals surface area contributed by atoms with Crippen LogP contribution in [0.4, 0.5) is 0 Å². The predicted molar refractivity (Wildman–Crippen MR) is 82.6 cm³/mol. The molecule has 1 atom stereocenters. The Morgan fingerprint density at radius 3 is 2.59 bits per heavy atom. The first-order valence-electron chi connectivity index (χ1n) is 7.30. The molecule has 5 nitrogen and oxygen atoms in total. The number of unbranched alkanes of at least 4 members (excludes halogenated alkanes) is 1. The smallest absolute Gasteiger partial charge is 0.326 e. The standard InChI is InChI=1S/C17H19NO4/c1-2-3-9-14(17(20)21)18-16(19)15-13(10-11-22-15)12-7-5-4-6-8-12/h4-8,10-11,14H,2-3,9H2,1H3,(H,18,19)(H,20,21). The molecule has 0 spiro atoms. The summed E-state index contributed by atoms with van der Waals surface area (Å²) in [6, 6.07) is 10.2. The fraction of sp³-hybridized carbons (Fsp3) is 0.294. The molecule has 2 N–H and O–H groups in total. The summed E-state index contributed by atoms with van der Waals surface area (Å²) in [6.45, 7) is 1.97. The van der Waals surface area contributed by atoms with Crippen molar-refractivity contribution in [3.63, 3.8) is 0 Å². The average Bonchev–Trinajstić information content (AvgIpc) is 3.01. The van der Waals surface area contributed by atoms with Crippen molar-refractivity contribution in [2.75, 3.05) is 0 Å². The zero-order valence-electron chi connectivity index (χ0n) is 12.4. The van der Waals surface area contributed by atoms with Gasteiger partial charge in [-0.1, -0.05) is 50.1 Å². The number of amides is 1. The van der Waals surface area contributed by atoms with Crippen LogP contribution >= 0.6 is 0 Å². The Labute approximate surface area is 129 Å². The van der Waals surface area contributed by atoms with Crippen LogP contribution in [0.2, 0.25) is 0 Å². The van der Waals surface area contributed by atoms with E-state index in [4.69, 9.17) is 4.42 Å². The van der Waals surface area contributed by atoms with Gasteiger partial charge in [0.2, 0.25) is 0 Å². The zero-order valence-corrected chi connectivity index (χ0v) is 12.4. The number of benzene rings is 1. The van der Waals surface area contributed by atoms with Gasteiger partial charge in [0.1, 0.15) is 6.04 Å². The molecule has 0 radical (unpaired) electrons. The minimum Gasteiger partial charge on any atom is -0.480 e. The summed E-state index contributed by atoms with van der Waals surface area (Å²) < 4.78 is 5.26. The van der Waals surface area contributed by atoms with E-state index < -0.39 is 17.9 Å². The quantitative estimate of drug-likeness (QED) is 0.822. The number of furan rings is 1. The molecule has 1 aromatic carbocycles. The van der Waals surface area contributed by atoms with Gasteiger partial charge >= 0.3 is 5.97 Å². The van der Waals surface area contributed by atoms with Gasteiger partial charge in [-0.05, 0) is 18.1 Å². The number of carbonyl (C=O) groups is 2. The van der Waals surface area contributed by atoms with Gasteiger partial charge in [0.05, 0.1) is 6.26 Å². The second-order valence-corrected chi connectivity index (χ2v) is 5.04. The number of nitrogens with one attached hydrogen (secondary N) is 1. The van der Waals surface area contributed by atoms with Gasteiger partial charge in [0.25, 0.3) is 5.91 Å². The maximum absolute atomic E-state index is 12.3. The van der Waals surface area contributed by atoms with Crippen molar-refractivity contribution < 1.29 is 19.1 Å². The lowest BCUT2D eigenvalue weighted by molar-refractivity contribution is -0.139. The van der Waals surface area contributed by atoms with Crippen LogP contribution < -0.4 is 5.32 Å². The average molecular weight is 301 g/mol. The Morgan fingerprint density at radius 2 is 1.95 bits per heavy atom. The highest BCUT2D eigenvalue weighted by atomic mass is 16.4. The molecule has 2 aromatic rings. The molecule has 0 aliphatic heterocycles. The van der Waals surface area contributed by atoms with Crippen LogP contribution in [-0.2, 0) is 4.79 Å². The molecule has 1 aromatic heterocycles. The SMILES string of the molecule is CCCCC(NC(=O)c1occc1-c1ccccc1)C(=O)O. The minimum absolute atomic E-state index is 0.133. The summed E-state index contributed by atoms with van der Waals surface area (Å²) in [4.78, 5) is 23.5. The molecule has 116 valence electrons. The van der Waals surface area contributed by atoms with E-state index in [1.54, 1.807) is 6.07 Å². The second-order valence-electron chi connectivity index (χ2n) is 5.04. The van der Waals surface area contributed by atoms with Crippen LogP contribution in [0.3, 0.4) is 0 Å². The summed E-state index contributed by atoms with van der Waals surface area (Å²) in [5.74, 6) is -1.41. The van der Waals surface area contributed by atoms with Gasteiger partial charge < -0.3 is 14.8 Å². The largest absolute Gasteiger partial charge is 0.480 e. The predicted octanol–water partition coefficient (Wildman–Crippen LogP) is 3.32. The van der Waals surface area contributed by atoms with Crippen molar-refractivity contribution in [1.29, 1.82) is 0 Å². The van der Waals surface area contributed by atoms with E-state index in [9.17, 15) is 14.7 Å².